The molecule has 82 valence electrons. The van der Waals surface area contributed by atoms with Crippen molar-refractivity contribution >= 4 is 17.2 Å². The van der Waals surface area contributed by atoms with Gasteiger partial charge in [-0.3, -0.25) is 13.7 Å². The van der Waals surface area contributed by atoms with Gasteiger partial charge in [-0.05, 0) is 6.07 Å². The van der Waals surface area contributed by atoms with E-state index < -0.39 is 17.2 Å². The summed E-state index contributed by atoms with van der Waals surface area (Å²) >= 11 is -2.57. The molecule has 5 nitrogen and oxygen atoms in total. The van der Waals surface area contributed by atoms with Crippen molar-refractivity contribution in [3.05, 3.63) is 29.8 Å². The molecule has 6 heteroatoms. The molecule has 1 rings (SSSR count). The van der Waals surface area contributed by atoms with Crippen LogP contribution in [0.4, 0.5) is 0 Å². The smallest absolute Gasteiger partial charge is 0.235 e. The Morgan fingerprint density at radius 2 is 2.20 bits per heavy atom. The zero-order valence-electron chi connectivity index (χ0n) is 8.06. The van der Waals surface area contributed by atoms with E-state index in [9.17, 15) is 13.6 Å². The molecule has 0 radical (unpaired) electrons. The number of nitrogens with one attached hydrogen (secondary N) is 1. The lowest BCUT2D eigenvalue weighted by Crippen LogP contribution is -2.26. The summed E-state index contributed by atoms with van der Waals surface area (Å²) in [7, 11) is 1.49. The van der Waals surface area contributed by atoms with Crippen LogP contribution in [-0.2, 0) is 22.5 Å². The van der Waals surface area contributed by atoms with Gasteiger partial charge in [0.05, 0.1) is 13.5 Å². The number of amides is 1. The van der Waals surface area contributed by atoms with Crippen LogP contribution in [0.2, 0.25) is 0 Å². The van der Waals surface area contributed by atoms with E-state index in [2.05, 4.69) is 0 Å². The zero-order valence-corrected chi connectivity index (χ0v) is 8.87. The average Bonchev–Trinajstić information content (AvgIpc) is 2.17. The number of hydrogen-bond donors (Lipinski definition) is 1. The fourth-order valence-corrected chi connectivity index (χ4v) is 1.41. The van der Waals surface area contributed by atoms with Gasteiger partial charge in [0, 0.05) is 16.8 Å². The molecule has 0 bridgehead atoms. The lowest BCUT2D eigenvalue weighted by molar-refractivity contribution is -0.118. The van der Waals surface area contributed by atoms with E-state index >= 15 is 0 Å². The van der Waals surface area contributed by atoms with Crippen molar-refractivity contribution in [2.24, 2.45) is 0 Å². The summed E-state index contributed by atoms with van der Waals surface area (Å²) in [6.45, 7) is 0. The van der Waals surface area contributed by atoms with Gasteiger partial charge in [-0.2, -0.15) is 0 Å². The lowest BCUT2D eigenvalue weighted by atomic mass is 10.1. The van der Waals surface area contributed by atoms with E-state index in [1.165, 1.54) is 7.11 Å². The summed E-state index contributed by atoms with van der Waals surface area (Å²) < 4.78 is 27.2. The molecular weight excluding hydrogens is 218 g/mol. The van der Waals surface area contributed by atoms with Crippen LogP contribution < -0.4 is 9.46 Å². The van der Waals surface area contributed by atoms with Crippen molar-refractivity contribution in [1.29, 1.82) is 0 Å². The second-order valence-electron chi connectivity index (χ2n) is 2.75. The molecule has 1 amide bonds. The van der Waals surface area contributed by atoms with Crippen molar-refractivity contribution in [3.63, 3.8) is 0 Å². The van der Waals surface area contributed by atoms with Gasteiger partial charge in [-0.15, -0.1) is 0 Å². The Hall–Kier alpha value is -1.40. The monoisotopic (exact) mass is 228 g/mol. The fraction of sp³-hybridized carbons (Fsp3) is 0.222. The summed E-state index contributed by atoms with van der Waals surface area (Å²) in [5.41, 5.74) is 0.642. The number of ether oxygens (including phenoxy) is 1. The summed E-state index contributed by atoms with van der Waals surface area (Å²) in [5.74, 6) is -0.0304. The van der Waals surface area contributed by atoms with Gasteiger partial charge in [0.15, 0.2) is 0 Å². The average molecular weight is 228 g/mol. The molecule has 15 heavy (non-hydrogen) atoms. The van der Waals surface area contributed by atoms with Crippen LogP contribution in [0.1, 0.15) is 5.56 Å². The van der Waals surface area contributed by atoms with E-state index in [-0.39, 0.29) is 6.42 Å². The predicted molar refractivity (Wildman–Crippen MR) is 53.8 cm³/mol. The molecule has 0 aromatic heterocycles. The molecule has 0 aliphatic heterocycles. The summed E-state index contributed by atoms with van der Waals surface area (Å²) in [5, 5.41) is 0. The number of para-hydroxylation sites is 1. The SMILES string of the molecule is COc1ccccc1CC(=O)NS(=O)[O-]. The Kier molecular flexibility index (Phi) is 4.26. The maximum atomic E-state index is 11.1. The minimum atomic E-state index is -2.57. The lowest BCUT2D eigenvalue weighted by Gasteiger charge is -2.09. The second-order valence-corrected chi connectivity index (χ2v) is 3.42. The minimum absolute atomic E-state index is 0.0298. The molecular formula is C9H10NO4S-. The van der Waals surface area contributed by atoms with Crippen LogP contribution in [0.15, 0.2) is 24.3 Å². The highest BCUT2D eigenvalue weighted by Crippen LogP contribution is 2.17. The Balaban J connectivity index is 2.71. The number of benzene rings is 1. The number of carbonyl (C=O) groups is 1. The first-order valence-electron chi connectivity index (χ1n) is 4.14. The minimum Gasteiger partial charge on any atom is -0.755 e. The van der Waals surface area contributed by atoms with Crippen LogP contribution in [0.3, 0.4) is 0 Å². The highest BCUT2D eigenvalue weighted by Gasteiger charge is 2.07. The molecule has 0 spiro atoms. The Bertz CT molecular complexity index is 380. The Labute approximate surface area is 89.9 Å². The van der Waals surface area contributed by atoms with Gasteiger partial charge in [-0.25, -0.2) is 0 Å². The number of methoxy groups -OCH3 is 1. The van der Waals surface area contributed by atoms with Crippen LogP contribution in [-0.4, -0.2) is 21.8 Å². The first-order valence-corrected chi connectivity index (χ1v) is 5.21. The highest BCUT2D eigenvalue weighted by atomic mass is 32.2. The Morgan fingerprint density at radius 3 is 2.80 bits per heavy atom. The molecule has 0 saturated carbocycles. The maximum Gasteiger partial charge on any atom is 0.235 e. The molecule has 0 aliphatic rings. The third-order valence-electron chi connectivity index (χ3n) is 1.74. The van der Waals surface area contributed by atoms with E-state index in [0.29, 0.717) is 11.3 Å². The van der Waals surface area contributed by atoms with Crippen LogP contribution in [0.25, 0.3) is 0 Å². The maximum absolute atomic E-state index is 11.1. The fourth-order valence-electron chi connectivity index (χ4n) is 1.15. The zero-order chi connectivity index (χ0) is 11.3. The predicted octanol–water partition coefficient (Wildman–Crippen LogP) is 0.148. The first-order chi connectivity index (χ1) is 7.13. The van der Waals surface area contributed by atoms with Gasteiger partial charge in [-0.1, -0.05) is 18.2 Å². The van der Waals surface area contributed by atoms with Gasteiger partial charge >= 0.3 is 0 Å². The van der Waals surface area contributed by atoms with Crippen LogP contribution in [0, 0.1) is 0 Å². The normalized spacial score (nSPS) is 11.9. The molecule has 0 saturated heterocycles. The van der Waals surface area contributed by atoms with E-state index in [4.69, 9.17) is 4.74 Å². The number of rotatable bonds is 4. The van der Waals surface area contributed by atoms with Crippen molar-refractivity contribution in [2.45, 2.75) is 6.42 Å². The van der Waals surface area contributed by atoms with Gasteiger partial charge < -0.3 is 9.29 Å². The summed E-state index contributed by atoms with van der Waals surface area (Å²) in [6.07, 6.45) is -0.0298. The summed E-state index contributed by atoms with van der Waals surface area (Å²) in [4.78, 5) is 11.1. The van der Waals surface area contributed by atoms with E-state index in [1.807, 2.05) is 0 Å². The third kappa shape index (κ3) is 3.69. The summed E-state index contributed by atoms with van der Waals surface area (Å²) in [6, 6.07) is 6.92. The molecule has 1 unspecified atom stereocenters. The third-order valence-corrected chi connectivity index (χ3v) is 2.14. The number of hydrogen-bond acceptors (Lipinski definition) is 4. The molecule has 0 aliphatic carbocycles. The van der Waals surface area contributed by atoms with Crippen molar-refractivity contribution in [2.75, 3.05) is 7.11 Å². The van der Waals surface area contributed by atoms with E-state index in [0.717, 1.165) is 0 Å². The highest BCUT2D eigenvalue weighted by molar-refractivity contribution is 7.77. The quantitative estimate of drug-likeness (QED) is 0.744. The topological polar surface area (TPSA) is 78.5 Å². The largest absolute Gasteiger partial charge is 0.755 e. The molecule has 0 fully saturated rings. The van der Waals surface area contributed by atoms with Crippen LogP contribution >= 0.6 is 0 Å². The second kappa shape index (κ2) is 5.47. The standard InChI is InChI=1S/C9H11NO4S/c1-14-8-5-3-2-4-7(8)6-9(11)10-15(12)13/h2-5H,6H2,1H3,(H,10,11)(H,12,13)/p-1. The first kappa shape index (κ1) is 11.7. The molecule has 1 N–H and O–H groups in total. The van der Waals surface area contributed by atoms with Gasteiger partial charge in [0.1, 0.15) is 5.75 Å². The van der Waals surface area contributed by atoms with Crippen LogP contribution in [0.5, 0.6) is 5.75 Å². The van der Waals surface area contributed by atoms with Crippen molar-refractivity contribution < 1.29 is 18.3 Å². The Morgan fingerprint density at radius 1 is 1.53 bits per heavy atom. The molecule has 1 aromatic rings. The molecule has 1 atom stereocenters. The molecule has 0 heterocycles. The van der Waals surface area contributed by atoms with E-state index in [1.54, 1.807) is 29.0 Å². The van der Waals surface area contributed by atoms with Gasteiger partial charge in [0.2, 0.25) is 5.91 Å². The van der Waals surface area contributed by atoms with Crippen molar-refractivity contribution in [3.8, 4) is 5.75 Å². The molecule has 1 aromatic carbocycles. The number of carbonyl (C=O) groups excluding carboxylic acids is 1. The van der Waals surface area contributed by atoms with Gasteiger partial charge in [0.25, 0.3) is 0 Å². The van der Waals surface area contributed by atoms with Crippen molar-refractivity contribution in [1.82, 2.24) is 4.72 Å².